The van der Waals surface area contributed by atoms with Crippen LogP contribution in [0, 0.1) is 5.92 Å². The number of carbonyl (C=O) groups is 1. The van der Waals surface area contributed by atoms with Crippen LogP contribution in [0.5, 0.6) is 0 Å². The largest absolute Gasteiger partial charge is 0.481 e. The summed E-state index contributed by atoms with van der Waals surface area (Å²) in [5.74, 6) is -0.494. The van der Waals surface area contributed by atoms with Crippen LogP contribution >= 0.6 is 0 Å². The normalized spacial score (nSPS) is 29.4. The minimum atomic E-state index is -0.715. The maximum atomic E-state index is 10.6. The number of likely N-dealkylation sites (tertiary alicyclic amines) is 1. The molecule has 2 unspecified atom stereocenters. The highest BCUT2D eigenvalue weighted by Gasteiger charge is 2.27. The van der Waals surface area contributed by atoms with E-state index in [1.165, 1.54) is 0 Å². The van der Waals surface area contributed by atoms with Crippen molar-refractivity contribution in [2.24, 2.45) is 11.7 Å². The zero-order valence-corrected chi connectivity index (χ0v) is 8.94. The molecule has 0 aromatic heterocycles. The van der Waals surface area contributed by atoms with Crippen LogP contribution in [-0.2, 0) is 4.79 Å². The summed E-state index contributed by atoms with van der Waals surface area (Å²) < 4.78 is 0. The molecular formula is C10H20N2O2. The molecule has 1 aliphatic heterocycles. The Morgan fingerprint density at radius 3 is 2.71 bits per heavy atom. The zero-order valence-electron chi connectivity index (χ0n) is 8.94. The lowest BCUT2D eigenvalue weighted by molar-refractivity contribution is -0.138. The van der Waals surface area contributed by atoms with Gasteiger partial charge in [-0.05, 0) is 26.2 Å². The number of nitrogens with zero attached hydrogens (tertiary/aromatic N) is 1. The van der Waals surface area contributed by atoms with Gasteiger partial charge < -0.3 is 10.8 Å². The molecule has 1 aliphatic rings. The number of piperidine rings is 1. The SMILES string of the molecule is CC(C)N1CC(N)CC(CC(=O)O)C1. The molecule has 0 spiro atoms. The van der Waals surface area contributed by atoms with Crippen molar-refractivity contribution in [3.63, 3.8) is 0 Å². The third kappa shape index (κ3) is 3.27. The van der Waals surface area contributed by atoms with Gasteiger partial charge in [-0.2, -0.15) is 0 Å². The van der Waals surface area contributed by atoms with Gasteiger partial charge in [-0.15, -0.1) is 0 Å². The number of aliphatic carboxylic acids is 1. The van der Waals surface area contributed by atoms with Crippen molar-refractivity contribution in [3.05, 3.63) is 0 Å². The van der Waals surface area contributed by atoms with Crippen LogP contribution in [-0.4, -0.2) is 41.1 Å². The highest BCUT2D eigenvalue weighted by atomic mass is 16.4. The monoisotopic (exact) mass is 200 g/mol. The van der Waals surface area contributed by atoms with E-state index in [0.29, 0.717) is 6.04 Å². The fraction of sp³-hybridized carbons (Fsp3) is 0.900. The van der Waals surface area contributed by atoms with Gasteiger partial charge in [-0.25, -0.2) is 0 Å². The van der Waals surface area contributed by atoms with Crippen molar-refractivity contribution in [1.82, 2.24) is 4.90 Å². The first-order valence-electron chi connectivity index (χ1n) is 5.20. The van der Waals surface area contributed by atoms with Crippen molar-refractivity contribution in [3.8, 4) is 0 Å². The second-order valence-electron chi connectivity index (χ2n) is 4.51. The van der Waals surface area contributed by atoms with Crippen LogP contribution in [0.1, 0.15) is 26.7 Å². The van der Waals surface area contributed by atoms with E-state index < -0.39 is 5.97 Å². The average molecular weight is 200 g/mol. The second kappa shape index (κ2) is 4.75. The summed E-state index contributed by atoms with van der Waals surface area (Å²) in [5.41, 5.74) is 5.89. The Bertz CT molecular complexity index is 206. The molecular weight excluding hydrogens is 180 g/mol. The lowest BCUT2D eigenvalue weighted by Crippen LogP contribution is -2.49. The minimum absolute atomic E-state index is 0.135. The summed E-state index contributed by atoms with van der Waals surface area (Å²) >= 11 is 0. The molecule has 0 aromatic rings. The van der Waals surface area contributed by atoms with Gasteiger partial charge in [-0.3, -0.25) is 9.69 Å². The lowest BCUT2D eigenvalue weighted by atomic mass is 9.91. The number of carboxylic acids is 1. The molecule has 3 N–H and O–H groups in total. The summed E-state index contributed by atoms with van der Waals surface area (Å²) in [5, 5.41) is 8.72. The Hall–Kier alpha value is -0.610. The van der Waals surface area contributed by atoms with Gasteiger partial charge in [0.15, 0.2) is 0 Å². The number of hydrogen-bond acceptors (Lipinski definition) is 3. The van der Waals surface area contributed by atoms with Gasteiger partial charge in [0.2, 0.25) is 0 Å². The summed E-state index contributed by atoms with van der Waals surface area (Å²) in [4.78, 5) is 12.9. The summed E-state index contributed by atoms with van der Waals surface area (Å²) in [6, 6.07) is 0.591. The highest BCUT2D eigenvalue weighted by molar-refractivity contribution is 5.67. The summed E-state index contributed by atoms with van der Waals surface area (Å²) in [6.07, 6.45) is 1.09. The predicted octanol–water partition coefficient (Wildman–Crippen LogP) is 0.519. The molecule has 1 fully saturated rings. The van der Waals surface area contributed by atoms with E-state index in [1.54, 1.807) is 0 Å². The number of nitrogens with two attached hydrogens (primary N) is 1. The molecule has 14 heavy (non-hydrogen) atoms. The first-order valence-corrected chi connectivity index (χ1v) is 5.20. The van der Waals surface area contributed by atoms with Gasteiger partial charge in [0.05, 0.1) is 0 Å². The van der Waals surface area contributed by atoms with Crippen LogP contribution < -0.4 is 5.73 Å². The lowest BCUT2D eigenvalue weighted by Gasteiger charge is -2.38. The predicted molar refractivity (Wildman–Crippen MR) is 55.0 cm³/mol. The van der Waals surface area contributed by atoms with Gasteiger partial charge >= 0.3 is 5.97 Å². The van der Waals surface area contributed by atoms with Crippen molar-refractivity contribution in [2.75, 3.05) is 13.1 Å². The molecule has 0 amide bonds. The van der Waals surface area contributed by atoms with E-state index in [-0.39, 0.29) is 18.4 Å². The smallest absolute Gasteiger partial charge is 0.303 e. The van der Waals surface area contributed by atoms with E-state index >= 15 is 0 Å². The fourth-order valence-corrected chi connectivity index (χ4v) is 2.10. The van der Waals surface area contributed by atoms with E-state index in [2.05, 4.69) is 18.7 Å². The van der Waals surface area contributed by atoms with Crippen LogP contribution in [0.3, 0.4) is 0 Å². The molecule has 1 rings (SSSR count). The fourth-order valence-electron chi connectivity index (χ4n) is 2.10. The van der Waals surface area contributed by atoms with Crippen LogP contribution in [0.4, 0.5) is 0 Å². The maximum Gasteiger partial charge on any atom is 0.303 e. The summed E-state index contributed by atoms with van der Waals surface area (Å²) in [6.45, 7) is 6.01. The van der Waals surface area contributed by atoms with E-state index in [1.807, 2.05) is 0 Å². The Morgan fingerprint density at radius 2 is 2.21 bits per heavy atom. The molecule has 2 atom stereocenters. The number of carboxylic acid groups (broad SMARTS) is 1. The Kier molecular flexibility index (Phi) is 3.89. The quantitative estimate of drug-likeness (QED) is 0.697. The highest BCUT2D eigenvalue weighted by Crippen LogP contribution is 2.20. The van der Waals surface area contributed by atoms with E-state index in [4.69, 9.17) is 10.8 Å². The van der Waals surface area contributed by atoms with Crippen molar-refractivity contribution < 1.29 is 9.90 Å². The Morgan fingerprint density at radius 1 is 1.57 bits per heavy atom. The molecule has 0 aliphatic carbocycles. The van der Waals surface area contributed by atoms with Crippen LogP contribution in [0.2, 0.25) is 0 Å². The second-order valence-corrected chi connectivity index (χ2v) is 4.51. The maximum absolute atomic E-state index is 10.6. The minimum Gasteiger partial charge on any atom is -0.481 e. The Labute approximate surface area is 85.1 Å². The van der Waals surface area contributed by atoms with E-state index in [0.717, 1.165) is 19.5 Å². The molecule has 0 aromatic carbocycles. The average Bonchev–Trinajstić information content (AvgIpc) is 2.01. The molecule has 1 heterocycles. The third-order valence-electron chi connectivity index (χ3n) is 2.79. The first kappa shape index (κ1) is 11.5. The van der Waals surface area contributed by atoms with Gasteiger partial charge in [0.1, 0.15) is 0 Å². The zero-order chi connectivity index (χ0) is 10.7. The van der Waals surface area contributed by atoms with Crippen molar-refractivity contribution in [2.45, 2.75) is 38.8 Å². The molecule has 82 valence electrons. The molecule has 0 radical (unpaired) electrons. The van der Waals surface area contributed by atoms with Crippen LogP contribution in [0.25, 0.3) is 0 Å². The molecule has 1 saturated heterocycles. The van der Waals surface area contributed by atoms with Gasteiger partial charge in [0, 0.05) is 31.6 Å². The van der Waals surface area contributed by atoms with Crippen LogP contribution in [0.15, 0.2) is 0 Å². The standard InChI is InChI=1S/C10H20N2O2/c1-7(2)12-5-8(4-10(13)14)3-9(11)6-12/h7-9H,3-6,11H2,1-2H3,(H,13,14). The van der Waals surface area contributed by atoms with Gasteiger partial charge in [0.25, 0.3) is 0 Å². The van der Waals surface area contributed by atoms with E-state index in [9.17, 15) is 4.79 Å². The molecule has 4 heteroatoms. The topological polar surface area (TPSA) is 66.6 Å². The molecule has 0 bridgehead atoms. The Balaban J connectivity index is 2.49. The summed E-state index contributed by atoms with van der Waals surface area (Å²) in [7, 11) is 0. The van der Waals surface area contributed by atoms with Gasteiger partial charge in [-0.1, -0.05) is 0 Å². The molecule has 4 nitrogen and oxygen atoms in total. The van der Waals surface area contributed by atoms with Crippen molar-refractivity contribution in [1.29, 1.82) is 0 Å². The number of rotatable bonds is 3. The number of hydrogen-bond donors (Lipinski definition) is 2. The third-order valence-corrected chi connectivity index (χ3v) is 2.79. The first-order chi connectivity index (χ1) is 6.49. The molecule has 0 saturated carbocycles. The van der Waals surface area contributed by atoms with Crippen molar-refractivity contribution >= 4 is 5.97 Å².